The van der Waals surface area contributed by atoms with E-state index in [1.54, 1.807) is 31.4 Å². The van der Waals surface area contributed by atoms with Crippen LogP contribution in [0.3, 0.4) is 0 Å². The summed E-state index contributed by atoms with van der Waals surface area (Å²) in [6.45, 7) is 2.25. The molecule has 10 heteroatoms. The summed E-state index contributed by atoms with van der Waals surface area (Å²) >= 11 is 0. The number of imidazole rings is 1. The van der Waals surface area contributed by atoms with Gasteiger partial charge in [-0.05, 0) is 73.7 Å². The highest BCUT2D eigenvalue weighted by molar-refractivity contribution is 5.98. The normalized spacial score (nSPS) is 14.6. The molecule has 0 aliphatic heterocycles. The molecule has 4 N–H and O–H groups in total. The number of hydrogen-bond donors (Lipinski definition) is 3. The van der Waals surface area contributed by atoms with Crippen LogP contribution < -0.4 is 26.5 Å². The van der Waals surface area contributed by atoms with Crippen molar-refractivity contribution in [2.75, 3.05) is 12.4 Å². The number of ether oxygens (including phenoxy) is 1. The molecule has 1 fully saturated rings. The molecule has 2 heterocycles. The minimum atomic E-state index is -0.865. The summed E-state index contributed by atoms with van der Waals surface area (Å²) in [6.07, 6.45) is 6.28. The van der Waals surface area contributed by atoms with Gasteiger partial charge in [-0.3, -0.25) is 14.4 Å². The molecule has 0 radical (unpaired) electrons. The zero-order chi connectivity index (χ0) is 35.5. The molecule has 0 unspecified atom stereocenters. The van der Waals surface area contributed by atoms with Crippen LogP contribution in [0.15, 0.2) is 106 Å². The number of nitrogens with one attached hydrogen (secondary N) is 2. The summed E-state index contributed by atoms with van der Waals surface area (Å²) in [5, 5.41) is 6.69. The number of aromatic nitrogens is 2. The van der Waals surface area contributed by atoms with E-state index in [0.29, 0.717) is 45.2 Å². The van der Waals surface area contributed by atoms with E-state index in [0.717, 1.165) is 35.4 Å². The fourth-order valence-corrected chi connectivity index (χ4v) is 7.12. The van der Waals surface area contributed by atoms with Crippen molar-refractivity contribution in [3.63, 3.8) is 0 Å². The molecule has 260 valence electrons. The molecular weight excluding hydrogens is 642 g/mol. The van der Waals surface area contributed by atoms with Gasteiger partial charge in [0.25, 0.3) is 5.91 Å². The molecule has 7 rings (SSSR count). The number of nitrogens with two attached hydrogens (primary N) is 1. The van der Waals surface area contributed by atoms with E-state index in [-0.39, 0.29) is 17.9 Å². The highest BCUT2D eigenvalue weighted by Crippen LogP contribution is 2.38. The van der Waals surface area contributed by atoms with Crippen LogP contribution in [-0.2, 0) is 11.2 Å². The molecule has 0 bridgehead atoms. The molecule has 0 spiro atoms. The number of anilines is 2. The number of amides is 2. The smallest absolute Gasteiger partial charge is 0.251 e. The number of carbonyl (C=O) groups is 2. The molecule has 1 aliphatic rings. The highest BCUT2D eigenvalue weighted by Gasteiger charge is 2.26. The van der Waals surface area contributed by atoms with Gasteiger partial charge in [0.15, 0.2) is 5.43 Å². The quantitative estimate of drug-likeness (QED) is 0.128. The van der Waals surface area contributed by atoms with Gasteiger partial charge in [0.05, 0.1) is 23.5 Å². The predicted octanol–water partition coefficient (Wildman–Crippen LogP) is 7.53. The molecule has 0 saturated heterocycles. The van der Waals surface area contributed by atoms with Crippen molar-refractivity contribution in [2.45, 2.75) is 57.5 Å². The Bertz CT molecular complexity index is 2240. The lowest BCUT2D eigenvalue weighted by Crippen LogP contribution is -2.45. The van der Waals surface area contributed by atoms with E-state index in [1.165, 1.54) is 25.3 Å². The summed E-state index contributed by atoms with van der Waals surface area (Å²) in [5.74, 6) is 1.30. The number of fused-ring (bicyclic) bond motifs is 2. The molecular formula is C41H41N5O5. The zero-order valence-corrected chi connectivity index (χ0v) is 28.7. The van der Waals surface area contributed by atoms with E-state index < -0.39 is 17.9 Å². The van der Waals surface area contributed by atoms with Gasteiger partial charge in [-0.1, -0.05) is 61.7 Å². The third-order valence-corrected chi connectivity index (χ3v) is 9.99. The van der Waals surface area contributed by atoms with Gasteiger partial charge in [0, 0.05) is 41.4 Å². The minimum absolute atomic E-state index is 0.156. The Morgan fingerprint density at radius 3 is 2.37 bits per heavy atom. The molecule has 1 saturated carbocycles. The molecule has 1 aliphatic carbocycles. The molecule has 2 aromatic heterocycles. The lowest BCUT2D eigenvalue weighted by molar-refractivity contribution is -0.119. The third kappa shape index (κ3) is 7.21. The van der Waals surface area contributed by atoms with Gasteiger partial charge in [-0.25, -0.2) is 4.98 Å². The topological polar surface area (TPSA) is 141 Å². The Labute approximate surface area is 295 Å². The second-order valence-corrected chi connectivity index (χ2v) is 13.3. The molecule has 2 atom stereocenters. The van der Waals surface area contributed by atoms with Crippen LogP contribution in [0, 0.1) is 5.92 Å². The van der Waals surface area contributed by atoms with Crippen LogP contribution >= 0.6 is 0 Å². The van der Waals surface area contributed by atoms with Crippen LogP contribution in [0.4, 0.5) is 11.6 Å². The standard InChI is InChI=1S/C41H41N5O5/c1-25(27-11-7-4-8-12-27)46-35-23-38-32(22-33(35)45-41(46)43-30-17-19-31(50-2)20-18-30)36(47)24-37(51-38)28-13-15-29(16-14-28)40(49)44-34(39(42)48)21-26-9-5-3-6-10-26/h3,5-6,9-10,13-20,22-25,27,34H,4,7-8,11-12,21H2,1-2H3,(H2,42,48)(H,43,45)(H,44,49)/t25-,34+/m1/s1. The number of primary amides is 1. The summed E-state index contributed by atoms with van der Waals surface area (Å²) < 4.78 is 14.0. The maximum Gasteiger partial charge on any atom is 0.251 e. The summed E-state index contributed by atoms with van der Waals surface area (Å²) in [6, 6.07) is 28.3. The molecule has 2 amide bonds. The summed E-state index contributed by atoms with van der Waals surface area (Å²) in [7, 11) is 1.64. The van der Waals surface area contributed by atoms with Gasteiger partial charge in [-0.2, -0.15) is 0 Å². The Morgan fingerprint density at radius 1 is 0.961 bits per heavy atom. The first-order chi connectivity index (χ1) is 24.8. The fourth-order valence-electron chi connectivity index (χ4n) is 7.12. The van der Waals surface area contributed by atoms with Crippen molar-refractivity contribution in [3.8, 4) is 17.1 Å². The average Bonchev–Trinajstić information content (AvgIpc) is 3.50. The predicted molar refractivity (Wildman–Crippen MR) is 199 cm³/mol. The van der Waals surface area contributed by atoms with Crippen LogP contribution in [0.5, 0.6) is 5.75 Å². The number of benzene rings is 4. The van der Waals surface area contributed by atoms with Crippen LogP contribution in [0.25, 0.3) is 33.3 Å². The molecule has 10 nitrogen and oxygen atoms in total. The second kappa shape index (κ2) is 14.5. The van der Waals surface area contributed by atoms with E-state index in [1.807, 2.05) is 66.7 Å². The van der Waals surface area contributed by atoms with Crippen LogP contribution in [0.1, 0.15) is 61.0 Å². The fraction of sp³-hybridized carbons (Fsp3) is 0.268. The van der Waals surface area contributed by atoms with Crippen molar-refractivity contribution in [1.82, 2.24) is 14.9 Å². The lowest BCUT2D eigenvalue weighted by atomic mass is 9.84. The van der Waals surface area contributed by atoms with Gasteiger partial charge >= 0.3 is 0 Å². The van der Waals surface area contributed by atoms with Gasteiger partial charge in [0.1, 0.15) is 23.1 Å². The zero-order valence-electron chi connectivity index (χ0n) is 28.7. The number of rotatable bonds is 11. The van der Waals surface area contributed by atoms with Gasteiger partial charge in [-0.15, -0.1) is 0 Å². The van der Waals surface area contributed by atoms with Crippen molar-refractivity contribution in [2.24, 2.45) is 11.7 Å². The first-order valence-electron chi connectivity index (χ1n) is 17.4. The van der Waals surface area contributed by atoms with Crippen molar-refractivity contribution >= 4 is 45.5 Å². The molecule has 51 heavy (non-hydrogen) atoms. The maximum absolute atomic E-state index is 13.5. The molecule has 6 aromatic rings. The van der Waals surface area contributed by atoms with Crippen molar-refractivity contribution in [3.05, 3.63) is 118 Å². The molecule has 4 aromatic carbocycles. The highest BCUT2D eigenvalue weighted by atomic mass is 16.5. The number of carbonyl (C=O) groups excluding carboxylic acids is 2. The third-order valence-electron chi connectivity index (χ3n) is 9.99. The van der Waals surface area contributed by atoms with E-state index in [9.17, 15) is 14.4 Å². The summed E-state index contributed by atoms with van der Waals surface area (Å²) in [5.41, 5.74) is 10.2. The van der Waals surface area contributed by atoms with Crippen LogP contribution in [-0.4, -0.2) is 34.5 Å². The Kier molecular flexibility index (Phi) is 9.57. The number of nitrogens with zero attached hydrogens (tertiary/aromatic N) is 2. The Morgan fingerprint density at radius 2 is 1.69 bits per heavy atom. The van der Waals surface area contributed by atoms with E-state index in [2.05, 4.69) is 22.1 Å². The van der Waals surface area contributed by atoms with E-state index >= 15 is 0 Å². The number of methoxy groups -OCH3 is 1. The minimum Gasteiger partial charge on any atom is -0.497 e. The average molecular weight is 684 g/mol. The SMILES string of the molecule is COc1ccc(Nc2nc3cc4c(=O)cc(-c5ccc(C(=O)N[C@@H](Cc6ccccc6)C(N)=O)cc5)oc4cc3n2[C@H](C)C2CCCCC2)cc1. The maximum atomic E-state index is 13.5. The monoisotopic (exact) mass is 683 g/mol. The Hall–Kier alpha value is -5.90. The summed E-state index contributed by atoms with van der Waals surface area (Å²) in [4.78, 5) is 43.7. The first kappa shape index (κ1) is 33.6. The van der Waals surface area contributed by atoms with Crippen molar-refractivity contribution in [1.29, 1.82) is 0 Å². The largest absolute Gasteiger partial charge is 0.497 e. The van der Waals surface area contributed by atoms with Gasteiger partial charge in [0.2, 0.25) is 11.9 Å². The van der Waals surface area contributed by atoms with Crippen molar-refractivity contribution < 1.29 is 18.7 Å². The van der Waals surface area contributed by atoms with Crippen LogP contribution in [0.2, 0.25) is 0 Å². The Balaban J connectivity index is 1.20. The first-order valence-corrected chi connectivity index (χ1v) is 17.4. The van der Waals surface area contributed by atoms with E-state index in [4.69, 9.17) is 19.9 Å². The second-order valence-electron chi connectivity index (χ2n) is 13.3. The van der Waals surface area contributed by atoms with Gasteiger partial charge < -0.3 is 30.1 Å². The number of hydrogen-bond acceptors (Lipinski definition) is 7. The lowest BCUT2D eigenvalue weighted by Gasteiger charge is -2.30.